The zero-order valence-corrected chi connectivity index (χ0v) is 16.8. The summed E-state index contributed by atoms with van der Waals surface area (Å²) in [5, 5.41) is 2.83. The summed E-state index contributed by atoms with van der Waals surface area (Å²) in [6.07, 6.45) is 3.89. The van der Waals surface area contributed by atoms with E-state index in [0.29, 0.717) is 38.2 Å². The van der Waals surface area contributed by atoms with E-state index in [2.05, 4.69) is 10.3 Å². The number of nitrogens with one attached hydrogen (secondary N) is 1. The Hall–Kier alpha value is -1.90. The number of rotatable bonds is 6. The van der Waals surface area contributed by atoms with Crippen molar-refractivity contribution in [2.24, 2.45) is 0 Å². The first kappa shape index (κ1) is 19.9. The Morgan fingerprint density at radius 3 is 2.70 bits per heavy atom. The van der Waals surface area contributed by atoms with Crippen LogP contribution in [0.3, 0.4) is 0 Å². The van der Waals surface area contributed by atoms with E-state index in [1.807, 2.05) is 18.4 Å². The molecule has 3 heterocycles. The molecule has 0 radical (unpaired) electrons. The molecule has 2 aliphatic heterocycles. The maximum Gasteiger partial charge on any atom is 0.287 e. The zero-order chi connectivity index (χ0) is 19.6. The van der Waals surface area contributed by atoms with E-state index in [1.165, 1.54) is 0 Å². The Kier molecular flexibility index (Phi) is 5.88. The van der Waals surface area contributed by atoms with Crippen LogP contribution in [0.15, 0.2) is 0 Å². The average Bonchev–Trinajstić information content (AvgIpc) is 3.20. The molecule has 9 heteroatoms. The summed E-state index contributed by atoms with van der Waals surface area (Å²) in [6.45, 7) is 5.48. The van der Waals surface area contributed by atoms with Gasteiger partial charge < -0.3 is 14.8 Å². The first-order chi connectivity index (χ1) is 12.9. The van der Waals surface area contributed by atoms with Crippen molar-refractivity contribution < 1.29 is 18.0 Å². The van der Waals surface area contributed by atoms with Gasteiger partial charge in [-0.25, -0.2) is 13.4 Å². The fraction of sp³-hybridized carbons (Fsp3) is 0.722. The van der Waals surface area contributed by atoms with Gasteiger partial charge in [0.1, 0.15) is 5.69 Å². The van der Waals surface area contributed by atoms with E-state index >= 15 is 0 Å². The van der Waals surface area contributed by atoms with E-state index in [-0.39, 0.29) is 35.2 Å². The van der Waals surface area contributed by atoms with Gasteiger partial charge in [-0.05, 0) is 39.0 Å². The van der Waals surface area contributed by atoms with E-state index in [0.717, 1.165) is 25.0 Å². The maximum absolute atomic E-state index is 13.2. The summed E-state index contributed by atoms with van der Waals surface area (Å²) in [6, 6.07) is -0.314. The van der Waals surface area contributed by atoms with Crippen LogP contribution in [0.2, 0.25) is 0 Å². The Morgan fingerprint density at radius 1 is 1.30 bits per heavy atom. The molecule has 1 fully saturated rings. The van der Waals surface area contributed by atoms with Crippen molar-refractivity contribution in [3.05, 3.63) is 17.2 Å². The molecule has 0 spiro atoms. The van der Waals surface area contributed by atoms with E-state index in [9.17, 15) is 18.0 Å². The fourth-order valence-corrected chi connectivity index (χ4v) is 5.66. The topological polar surface area (TPSA) is 101 Å². The third-order valence-electron chi connectivity index (χ3n) is 5.31. The standard InChI is InChI=1S/C18H28N4O4S/c1-3-9-19-17(23)16-20-15(14-7-5-6-10-22(14)16)18(24)21(4-2)13-8-11-27(25,26)12-13/h13H,3-12H2,1-2H3,(H,19,23). The first-order valence-electron chi connectivity index (χ1n) is 9.77. The number of aromatic nitrogens is 2. The number of fused-ring (bicyclic) bond motifs is 1. The van der Waals surface area contributed by atoms with Crippen molar-refractivity contribution in [2.75, 3.05) is 24.6 Å². The number of amides is 2. The van der Waals surface area contributed by atoms with Gasteiger partial charge in [0.05, 0.1) is 17.2 Å². The zero-order valence-electron chi connectivity index (χ0n) is 16.0. The Labute approximate surface area is 160 Å². The molecule has 1 N–H and O–H groups in total. The van der Waals surface area contributed by atoms with Crippen LogP contribution in [-0.2, 0) is 22.8 Å². The molecular weight excluding hydrogens is 368 g/mol. The Balaban J connectivity index is 1.92. The molecule has 1 unspecified atom stereocenters. The predicted molar refractivity (Wildman–Crippen MR) is 102 cm³/mol. The summed E-state index contributed by atoms with van der Waals surface area (Å²) < 4.78 is 25.5. The van der Waals surface area contributed by atoms with Crippen molar-refractivity contribution in [3.8, 4) is 0 Å². The molecule has 0 aliphatic carbocycles. The maximum atomic E-state index is 13.2. The van der Waals surface area contributed by atoms with Crippen LogP contribution in [0.4, 0.5) is 0 Å². The van der Waals surface area contributed by atoms with Crippen LogP contribution in [0.1, 0.15) is 66.3 Å². The lowest BCUT2D eigenvalue weighted by Gasteiger charge is -2.27. The van der Waals surface area contributed by atoms with Crippen LogP contribution in [0.5, 0.6) is 0 Å². The number of carbonyl (C=O) groups is 2. The summed E-state index contributed by atoms with van der Waals surface area (Å²) in [5.41, 5.74) is 1.11. The van der Waals surface area contributed by atoms with Crippen molar-refractivity contribution in [1.82, 2.24) is 19.8 Å². The van der Waals surface area contributed by atoms with Crippen LogP contribution in [0, 0.1) is 0 Å². The predicted octanol–water partition coefficient (Wildman–Crippen LogP) is 1.01. The van der Waals surface area contributed by atoms with Crippen LogP contribution >= 0.6 is 0 Å². The third-order valence-corrected chi connectivity index (χ3v) is 7.06. The Bertz CT molecular complexity index is 831. The van der Waals surface area contributed by atoms with Gasteiger partial charge in [-0.1, -0.05) is 6.92 Å². The van der Waals surface area contributed by atoms with E-state index < -0.39 is 9.84 Å². The van der Waals surface area contributed by atoms with Crippen molar-refractivity contribution >= 4 is 21.7 Å². The molecule has 1 atom stereocenters. The van der Waals surface area contributed by atoms with Crippen LogP contribution < -0.4 is 5.32 Å². The molecule has 150 valence electrons. The minimum atomic E-state index is -3.09. The number of sulfone groups is 1. The molecule has 27 heavy (non-hydrogen) atoms. The molecule has 3 rings (SSSR count). The highest BCUT2D eigenvalue weighted by atomic mass is 32.2. The van der Waals surface area contributed by atoms with Gasteiger partial charge in [0.25, 0.3) is 11.8 Å². The lowest BCUT2D eigenvalue weighted by molar-refractivity contribution is 0.0701. The van der Waals surface area contributed by atoms with Gasteiger partial charge in [0, 0.05) is 25.7 Å². The third kappa shape index (κ3) is 4.02. The molecule has 0 saturated carbocycles. The summed E-state index contributed by atoms with van der Waals surface area (Å²) >= 11 is 0. The molecule has 1 aromatic heterocycles. The van der Waals surface area contributed by atoms with Crippen LogP contribution in [-0.4, -0.2) is 65.3 Å². The summed E-state index contributed by atoms with van der Waals surface area (Å²) in [4.78, 5) is 31.8. The van der Waals surface area contributed by atoms with Crippen molar-refractivity contribution in [3.63, 3.8) is 0 Å². The van der Waals surface area contributed by atoms with Gasteiger partial charge in [0.15, 0.2) is 15.7 Å². The summed E-state index contributed by atoms with van der Waals surface area (Å²) in [7, 11) is -3.09. The fourth-order valence-electron chi connectivity index (χ4n) is 3.93. The number of nitrogens with zero attached hydrogens (tertiary/aromatic N) is 3. The number of hydrogen-bond donors (Lipinski definition) is 1. The second kappa shape index (κ2) is 8.00. The second-order valence-electron chi connectivity index (χ2n) is 7.24. The minimum Gasteiger partial charge on any atom is -0.349 e. The normalized spacial score (nSPS) is 20.9. The lowest BCUT2D eigenvalue weighted by Crippen LogP contribution is -2.41. The first-order valence-corrected chi connectivity index (χ1v) is 11.6. The molecule has 2 aliphatic rings. The second-order valence-corrected chi connectivity index (χ2v) is 9.47. The lowest BCUT2D eigenvalue weighted by atomic mass is 10.1. The number of carbonyl (C=O) groups excluding carboxylic acids is 2. The molecule has 2 amide bonds. The molecule has 8 nitrogen and oxygen atoms in total. The highest BCUT2D eigenvalue weighted by Gasteiger charge is 2.37. The smallest absolute Gasteiger partial charge is 0.287 e. The quantitative estimate of drug-likeness (QED) is 0.773. The SMILES string of the molecule is CCCNC(=O)c1nc(C(=O)N(CC)C2CCS(=O)(=O)C2)c2n1CCCC2. The van der Waals surface area contributed by atoms with E-state index in [1.54, 1.807) is 4.90 Å². The average molecular weight is 397 g/mol. The molecule has 0 aromatic carbocycles. The molecular formula is C18H28N4O4S. The molecule has 1 aromatic rings. The van der Waals surface area contributed by atoms with Gasteiger partial charge in [-0.2, -0.15) is 0 Å². The summed E-state index contributed by atoms with van der Waals surface area (Å²) in [5.74, 6) is -0.109. The van der Waals surface area contributed by atoms with Crippen molar-refractivity contribution in [2.45, 2.75) is 58.5 Å². The van der Waals surface area contributed by atoms with Gasteiger partial charge >= 0.3 is 0 Å². The monoisotopic (exact) mass is 396 g/mol. The number of hydrogen-bond acceptors (Lipinski definition) is 5. The largest absolute Gasteiger partial charge is 0.349 e. The van der Waals surface area contributed by atoms with Gasteiger partial charge in [-0.15, -0.1) is 0 Å². The van der Waals surface area contributed by atoms with Gasteiger partial charge in [0.2, 0.25) is 0 Å². The highest BCUT2D eigenvalue weighted by molar-refractivity contribution is 7.91. The molecule has 1 saturated heterocycles. The number of imidazole rings is 1. The van der Waals surface area contributed by atoms with Gasteiger partial charge in [-0.3, -0.25) is 9.59 Å². The van der Waals surface area contributed by atoms with E-state index in [4.69, 9.17) is 0 Å². The Morgan fingerprint density at radius 2 is 2.07 bits per heavy atom. The minimum absolute atomic E-state index is 0.00641. The van der Waals surface area contributed by atoms with Crippen LogP contribution in [0.25, 0.3) is 0 Å². The molecule has 0 bridgehead atoms. The van der Waals surface area contributed by atoms with Crippen molar-refractivity contribution in [1.29, 1.82) is 0 Å². The highest BCUT2D eigenvalue weighted by Crippen LogP contribution is 2.25.